The fourth-order valence-corrected chi connectivity index (χ4v) is 3.14. The van der Waals surface area contributed by atoms with Gasteiger partial charge in [0.1, 0.15) is 0 Å². The molecule has 2 N–H and O–H groups in total. The molecule has 3 nitrogen and oxygen atoms in total. The summed E-state index contributed by atoms with van der Waals surface area (Å²) in [6.07, 6.45) is 10.2. The Hall–Kier alpha value is -0.120. The van der Waals surface area contributed by atoms with E-state index in [1.165, 1.54) is 51.6 Å². The lowest BCUT2D eigenvalue weighted by molar-refractivity contribution is 0.134. The minimum absolute atomic E-state index is 0.0154. The molecule has 19 heavy (non-hydrogen) atoms. The molecule has 0 aromatic heterocycles. The van der Waals surface area contributed by atoms with Crippen molar-refractivity contribution in [2.24, 2.45) is 5.92 Å². The quantitative estimate of drug-likeness (QED) is 0.638. The number of hydrogen-bond acceptors (Lipinski definition) is 3. The molecular weight excluding hydrogens is 236 g/mol. The molecule has 2 rings (SSSR count). The van der Waals surface area contributed by atoms with Gasteiger partial charge in [-0.05, 0) is 64.5 Å². The molecule has 0 aromatic carbocycles. The fraction of sp³-hybridized carbons (Fsp3) is 1.00. The van der Waals surface area contributed by atoms with Crippen molar-refractivity contribution in [2.75, 3.05) is 26.7 Å². The number of aliphatic hydroxyl groups is 1. The van der Waals surface area contributed by atoms with Gasteiger partial charge in [-0.3, -0.25) is 0 Å². The van der Waals surface area contributed by atoms with E-state index >= 15 is 0 Å². The lowest BCUT2D eigenvalue weighted by Gasteiger charge is -2.34. The zero-order chi connectivity index (χ0) is 13.7. The highest BCUT2D eigenvalue weighted by Crippen LogP contribution is 2.28. The summed E-state index contributed by atoms with van der Waals surface area (Å²) in [6.45, 7) is 4.93. The van der Waals surface area contributed by atoms with Crippen LogP contribution in [0.4, 0.5) is 0 Å². The Labute approximate surface area is 118 Å². The summed E-state index contributed by atoms with van der Waals surface area (Å²) in [5.41, 5.74) is -0.0154. The highest BCUT2D eigenvalue weighted by atomic mass is 16.3. The summed E-state index contributed by atoms with van der Waals surface area (Å²) in [5, 5.41) is 13.4. The molecule has 112 valence electrons. The van der Waals surface area contributed by atoms with Crippen LogP contribution in [0.5, 0.6) is 0 Å². The second-order valence-corrected chi connectivity index (χ2v) is 6.87. The molecule has 3 heteroatoms. The smallest absolute Gasteiger partial charge is 0.0613 e. The third-order valence-electron chi connectivity index (χ3n) is 5.06. The van der Waals surface area contributed by atoms with E-state index in [1.807, 2.05) is 0 Å². The van der Waals surface area contributed by atoms with Gasteiger partial charge in [-0.25, -0.2) is 0 Å². The standard InChI is InChI=1S/C16H32N2O/c1-3-16(13-19,17-15-8-9-15)10-5-11-18(2)12-14-6-4-7-14/h14-15,17,19H,3-13H2,1-2H3. The molecule has 0 amide bonds. The molecule has 1 atom stereocenters. The topological polar surface area (TPSA) is 35.5 Å². The first kappa shape index (κ1) is 15.3. The van der Waals surface area contributed by atoms with Crippen LogP contribution in [0, 0.1) is 5.92 Å². The van der Waals surface area contributed by atoms with Crippen molar-refractivity contribution in [1.29, 1.82) is 0 Å². The summed E-state index contributed by atoms with van der Waals surface area (Å²) < 4.78 is 0. The number of nitrogens with one attached hydrogen (secondary N) is 1. The van der Waals surface area contributed by atoms with Crippen molar-refractivity contribution >= 4 is 0 Å². The molecule has 0 radical (unpaired) electrons. The average molecular weight is 268 g/mol. The van der Waals surface area contributed by atoms with Gasteiger partial charge in [0.05, 0.1) is 6.61 Å². The van der Waals surface area contributed by atoms with E-state index in [9.17, 15) is 5.11 Å². The third-order valence-corrected chi connectivity index (χ3v) is 5.06. The predicted octanol–water partition coefficient (Wildman–Crippen LogP) is 2.39. The Balaban J connectivity index is 1.65. The van der Waals surface area contributed by atoms with Crippen molar-refractivity contribution in [2.45, 2.75) is 69.9 Å². The second-order valence-electron chi connectivity index (χ2n) is 6.87. The van der Waals surface area contributed by atoms with Gasteiger partial charge < -0.3 is 15.3 Å². The van der Waals surface area contributed by atoms with Crippen LogP contribution < -0.4 is 5.32 Å². The van der Waals surface area contributed by atoms with Gasteiger partial charge >= 0.3 is 0 Å². The number of nitrogens with zero attached hydrogens (tertiary/aromatic N) is 1. The van der Waals surface area contributed by atoms with E-state index < -0.39 is 0 Å². The highest BCUT2D eigenvalue weighted by molar-refractivity contribution is 4.94. The van der Waals surface area contributed by atoms with Crippen molar-refractivity contribution in [3.8, 4) is 0 Å². The van der Waals surface area contributed by atoms with Crippen molar-refractivity contribution < 1.29 is 5.11 Å². The van der Waals surface area contributed by atoms with Crippen LogP contribution in [0.25, 0.3) is 0 Å². The molecule has 2 saturated carbocycles. The lowest BCUT2D eigenvalue weighted by Crippen LogP contribution is -2.49. The van der Waals surface area contributed by atoms with Crippen LogP contribution >= 0.6 is 0 Å². The normalized spacial score (nSPS) is 23.4. The van der Waals surface area contributed by atoms with E-state index in [4.69, 9.17) is 0 Å². The minimum atomic E-state index is -0.0154. The van der Waals surface area contributed by atoms with Crippen LogP contribution in [0.1, 0.15) is 58.3 Å². The molecule has 2 fully saturated rings. The molecule has 0 heterocycles. The van der Waals surface area contributed by atoms with Crippen molar-refractivity contribution in [3.05, 3.63) is 0 Å². The van der Waals surface area contributed by atoms with Gasteiger partial charge in [0.25, 0.3) is 0 Å². The average Bonchev–Trinajstić information content (AvgIpc) is 3.16. The Morgan fingerprint density at radius 2 is 2.00 bits per heavy atom. The first-order valence-corrected chi connectivity index (χ1v) is 8.24. The summed E-state index contributed by atoms with van der Waals surface area (Å²) >= 11 is 0. The summed E-state index contributed by atoms with van der Waals surface area (Å²) in [7, 11) is 2.25. The largest absolute Gasteiger partial charge is 0.394 e. The van der Waals surface area contributed by atoms with Crippen LogP contribution in [0.3, 0.4) is 0 Å². The van der Waals surface area contributed by atoms with Crippen LogP contribution in [-0.2, 0) is 0 Å². The SMILES string of the molecule is CCC(CO)(CCCN(C)CC1CCC1)NC1CC1. The summed E-state index contributed by atoms with van der Waals surface area (Å²) in [6, 6.07) is 0.680. The van der Waals surface area contributed by atoms with Gasteiger partial charge in [-0.15, -0.1) is 0 Å². The van der Waals surface area contributed by atoms with Gasteiger partial charge in [0.2, 0.25) is 0 Å². The lowest BCUT2D eigenvalue weighted by atomic mass is 9.85. The van der Waals surface area contributed by atoms with Gasteiger partial charge in [0, 0.05) is 18.1 Å². The maximum Gasteiger partial charge on any atom is 0.0613 e. The Morgan fingerprint density at radius 1 is 1.26 bits per heavy atom. The summed E-state index contributed by atoms with van der Waals surface area (Å²) in [5.74, 6) is 0.961. The minimum Gasteiger partial charge on any atom is -0.394 e. The summed E-state index contributed by atoms with van der Waals surface area (Å²) in [4.78, 5) is 2.48. The Kier molecular flexibility index (Phi) is 5.67. The Morgan fingerprint density at radius 3 is 2.47 bits per heavy atom. The van der Waals surface area contributed by atoms with Gasteiger partial charge in [0.15, 0.2) is 0 Å². The maximum atomic E-state index is 9.73. The number of rotatable bonds is 10. The molecule has 2 aliphatic rings. The van der Waals surface area contributed by atoms with Gasteiger partial charge in [-0.1, -0.05) is 13.3 Å². The first-order chi connectivity index (χ1) is 9.17. The number of hydrogen-bond donors (Lipinski definition) is 2. The Bertz CT molecular complexity index is 257. The van der Waals surface area contributed by atoms with E-state index in [1.54, 1.807) is 0 Å². The molecule has 0 aliphatic heterocycles. The highest BCUT2D eigenvalue weighted by Gasteiger charge is 2.34. The van der Waals surface area contributed by atoms with Crippen LogP contribution in [-0.4, -0.2) is 48.3 Å². The molecule has 0 bridgehead atoms. The maximum absolute atomic E-state index is 9.73. The zero-order valence-electron chi connectivity index (χ0n) is 12.8. The first-order valence-electron chi connectivity index (χ1n) is 8.24. The molecular formula is C16H32N2O. The van der Waals surface area contributed by atoms with Crippen molar-refractivity contribution in [3.63, 3.8) is 0 Å². The molecule has 1 unspecified atom stereocenters. The predicted molar refractivity (Wildman–Crippen MR) is 80.3 cm³/mol. The molecule has 0 saturated heterocycles. The molecule has 0 aromatic rings. The van der Waals surface area contributed by atoms with Crippen LogP contribution in [0.15, 0.2) is 0 Å². The van der Waals surface area contributed by atoms with E-state index in [0.29, 0.717) is 6.04 Å². The second kappa shape index (κ2) is 7.05. The van der Waals surface area contributed by atoms with Crippen molar-refractivity contribution in [1.82, 2.24) is 10.2 Å². The third kappa shape index (κ3) is 4.73. The van der Waals surface area contributed by atoms with E-state index in [0.717, 1.165) is 18.8 Å². The molecule has 0 spiro atoms. The monoisotopic (exact) mass is 268 g/mol. The number of aliphatic hydroxyl groups excluding tert-OH is 1. The van der Waals surface area contributed by atoms with E-state index in [2.05, 4.69) is 24.2 Å². The van der Waals surface area contributed by atoms with Crippen LogP contribution in [0.2, 0.25) is 0 Å². The molecule has 2 aliphatic carbocycles. The zero-order valence-corrected chi connectivity index (χ0v) is 12.8. The van der Waals surface area contributed by atoms with Gasteiger partial charge in [-0.2, -0.15) is 0 Å². The van der Waals surface area contributed by atoms with E-state index in [-0.39, 0.29) is 12.1 Å². The fourth-order valence-electron chi connectivity index (χ4n) is 3.14.